The van der Waals surface area contributed by atoms with Gasteiger partial charge in [-0.2, -0.15) is 0 Å². The fourth-order valence-electron chi connectivity index (χ4n) is 2.94. The maximum Gasteiger partial charge on any atom is 0.287 e. The number of nitrogens with zero attached hydrogens (tertiary/aromatic N) is 1. The monoisotopic (exact) mass is 466 g/mol. The third-order valence-electron chi connectivity index (χ3n) is 4.41. The number of nitrogens with one attached hydrogen (secondary N) is 1. The zero-order chi connectivity index (χ0) is 21.1. The topological polar surface area (TPSA) is 98.5 Å². The molecule has 4 rings (SSSR count). The maximum atomic E-state index is 12.4. The van der Waals surface area contributed by atoms with E-state index >= 15 is 0 Å². The van der Waals surface area contributed by atoms with E-state index in [2.05, 4.69) is 21.2 Å². The Bertz CT molecular complexity index is 1210. The quantitative estimate of drug-likeness (QED) is 0.285. The molecule has 150 valence electrons. The highest BCUT2D eigenvalue weighted by Crippen LogP contribution is 2.31. The second-order valence-electron chi connectivity index (χ2n) is 6.39. The van der Waals surface area contributed by atoms with Crippen LogP contribution in [0.4, 0.5) is 5.69 Å². The van der Waals surface area contributed by atoms with E-state index in [1.165, 1.54) is 18.2 Å². The van der Waals surface area contributed by atoms with Crippen molar-refractivity contribution in [1.82, 2.24) is 5.32 Å². The van der Waals surface area contributed by atoms with Gasteiger partial charge in [0, 0.05) is 16.1 Å². The SMILES string of the molecule is O=C(NCc1ccc(-c2ccc(Br)cc2)o1)c1ccc(-c2ccccc2[N+](=O)[O-])o1. The van der Waals surface area contributed by atoms with E-state index in [-0.39, 0.29) is 23.8 Å². The zero-order valence-electron chi connectivity index (χ0n) is 15.5. The number of hydrogen-bond acceptors (Lipinski definition) is 5. The van der Waals surface area contributed by atoms with Crippen LogP contribution in [-0.4, -0.2) is 10.8 Å². The van der Waals surface area contributed by atoms with Gasteiger partial charge in [-0.3, -0.25) is 14.9 Å². The molecule has 4 aromatic rings. The van der Waals surface area contributed by atoms with Crippen LogP contribution in [0.1, 0.15) is 16.3 Å². The van der Waals surface area contributed by atoms with Gasteiger partial charge in [-0.1, -0.05) is 40.2 Å². The molecule has 2 aromatic carbocycles. The molecule has 0 aliphatic heterocycles. The number of carbonyl (C=O) groups is 1. The van der Waals surface area contributed by atoms with E-state index < -0.39 is 10.8 Å². The minimum Gasteiger partial charge on any atom is -0.459 e. The number of nitro groups is 1. The normalized spacial score (nSPS) is 10.7. The van der Waals surface area contributed by atoms with E-state index in [0.717, 1.165) is 10.0 Å². The van der Waals surface area contributed by atoms with Gasteiger partial charge in [0.05, 0.1) is 17.0 Å². The summed E-state index contributed by atoms with van der Waals surface area (Å²) in [5, 5.41) is 13.9. The minimum atomic E-state index is -0.489. The molecule has 0 saturated heterocycles. The van der Waals surface area contributed by atoms with Crippen molar-refractivity contribution in [3.8, 4) is 22.6 Å². The van der Waals surface area contributed by atoms with E-state index in [0.29, 0.717) is 17.1 Å². The Labute approximate surface area is 179 Å². The molecule has 30 heavy (non-hydrogen) atoms. The van der Waals surface area contributed by atoms with E-state index in [9.17, 15) is 14.9 Å². The number of benzene rings is 2. The average Bonchev–Trinajstić information content (AvgIpc) is 3.43. The van der Waals surface area contributed by atoms with Gasteiger partial charge in [0.2, 0.25) is 0 Å². The highest BCUT2D eigenvalue weighted by atomic mass is 79.9. The fourth-order valence-corrected chi connectivity index (χ4v) is 3.21. The van der Waals surface area contributed by atoms with Crippen molar-refractivity contribution >= 4 is 27.5 Å². The van der Waals surface area contributed by atoms with Crippen molar-refractivity contribution in [3.63, 3.8) is 0 Å². The third kappa shape index (κ3) is 4.18. The van der Waals surface area contributed by atoms with Crippen LogP contribution in [0.25, 0.3) is 22.6 Å². The summed E-state index contributed by atoms with van der Waals surface area (Å²) in [6.45, 7) is 0.177. The van der Waals surface area contributed by atoms with Gasteiger partial charge >= 0.3 is 0 Å². The Morgan fingerprint density at radius 2 is 1.67 bits per heavy atom. The van der Waals surface area contributed by atoms with Gasteiger partial charge in [-0.15, -0.1) is 0 Å². The molecular weight excluding hydrogens is 452 g/mol. The van der Waals surface area contributed by atoms with Crippen molar-refractivity contribution in [2.24, 2.45) is 0 Å². The number of carbonyl (C=O) groups excluding carboxylic acids is 1. The van der Waals surface area contributed by atoms with Crippen molar-refractivity contribution in [3.05, 3.63) is 98.9 Å². The van der Waals surface area contributed by atoms with Crippen molar-refractivity contribution < 1.29 is 18.6 Å². The molecule has 1 N–H and O–H groups in total. The van der Waals surface area contributed by atoms with Crippen LogP contribution in [-0.2, 0) is 6.54 Å². The molecule has 0 unspecified atom stereocenters. The molecule has 8 heteroatoms. The first-order chi connectivity index (χ1) is 14.5. The van der Waals surface area contributed by atoms with Crippen LogP contribution < -0.4 is 5.32 Å². The summed E-state index contributed by atoms with van der Waals surface area (Å²) in [6, 6.07) is 20.6. The highest BCUT2D eigenvalue weighted by Gasteiger charge is 2.19. The minimum absolute atomic E-state index is 0.0582. The molecular formula is C22H15BrN2O5. The van der Waals surface area contributed by atoms with Crippen LogP contribution in [0.2, 0.25) is 0 Å². The third-order valence-corrected chi connectivity index (χ3v) is 4.94. The number of hydrogen-bond donors (Lipinski definition) is 1. The first-order valence-electron chi connectivity index (χ1n) is 8.98. The molecule has 0 fully saturated rings. The first kappa shape index (κ1) is 19.7. The largest absolute Gasteiger partial charge is 0.459 e. The number of nitro benzene ring substituents is 1. The lowest BCUT2D eigenvalue weighted by Crippen LogP contribution is -2.21. The highest BCUT2D eigenvalue weighted by molar-refractivity contribution is 9.10. The number of rotatable bonds is 6. The molecule has 7 nitrogen and oxygen atoms in total. The predicted octanol–water partition coefficient (Wildman–Crippen LogP) is 5.81. The Morgan fingerprint density at radius 3 is 2.43 bits per heavy atom. The van der Waals surface area contributed by atoms with Crippen molar-refractivity contribution in [1.29, 1.82) is 0 Å². The Hall–Kier alpha value is -3.65. The Kier molecular flexibility index (Phi) is 5.49. The van der Waals surface area contributed by atoms with Crippen LogP contribution >= 0.6 is 15.9 Å². The average molecular weight is 467 g/mol. The van der Waals surface area contributed by atoms with E-state index in [1.54, 1.807) is 24.3 Å². The number of halogens is 1. The molecule has 0 saturated carbocycles. The molecule has 0 radical (unpaired) electrons. The molecule has 0 bridgehead atoms. The summed E-state index contributed by atoms with van der Waals surface area (Å²) in [7, 11) is 0. The van der Waals surface area contributed by atoms with Gasteiger partial charge in [-0.25, -0.2) is 0 Å². The lowest BCUT2D eigenvalue weighted by Gasteiger charge is -2.02. The van der Waals surface area contributed by atoms with Gasteiger partial charge in [0.25, 0.3) is 11.6 Å². The smallest absolute Gasteiger partial charge is 0.287 e. The Balaban J connectivity index is 1.43. The molecule has 0 atom stereocenters. The molecule has 0 aliphatic carbocycles. The van der Waals surface area contributed by atoms with Gasteiger partial charge < -0.3 is 14.2 Å². The summed E-state index contributed by atoms with van der Waals surface area (Å²) in [5.41, 5.74) is 1.15. The first-order valence-corrected chi connectivity index (χ1v) is 9.77. The van der Waals surface area contributed by atoms with E-state index in [1.807, 2.05) is 30.3 Å². The van der Waals surface area contributed by atoms with E-state index in [4.69, 9.17) is 8.83 Å². The molecule has 1 amide bonds. The molecule has 0 spiro atoms. The van der Waals surface area contributed by atoms with Gasteiger partial charge in [-0.05, 0) is 42.5 Å². The summed E-state index contributed by atoms with van der Waals surface area (Å²) < 4.78 is 12.3. The number of amides is 1. The van der Waals surface area contributed by atoms with Crippen LogP contribution in [0.5, 0.6) is 0 Å². The second-order valence-corrected chi connectivity index (χ2v) is 7.31. The fraction of sp³-hybridized carbons (Fsp3) is 0.0455. The van der Waals surface area contributed by atoms with Crippen molar-refractivity contribution in [2.45, 2.75) is 6.54 Å². The summed E-state index contributed by atoms with van der Waals surface area (Å²) >= 11 is 3.39. The van der Waals surface area contributed by atoms with Gasteiger partial charge in [0.15, 0.2) is 5.76 Å². The van der Waals surface area contributed by atoms with Gasteiger partial charge in [0.1, 0.15) is 17.3 Å². The van der Waals surface area contributed by atoms with Crippen molar-refractivity contribution in [2.75, 3.05) is 0 Å². The predicted molar refractivity (Wildman–Crippen MR) is 114 cm³/mol. The summed E-state index contributed by atoms with van der Waals surface area (Å²) in [6.07, 6.45) is 0. The van der Waals surface area contributed by atoms with Crippen LogP contribution in [0.3, 0.4) is 0 Å². The lowest BCUT2D eigenvalue weighted by molar-refractivity contribution is -0.384. The standard InChI is InChI=1S/C22H15BrN2O5/c23-15-7-5-14(6-8-15)19-10-9-16(29-19)13-24-22(26)21-12-11-20(30-21)17-3-1-2-4-18(17)25(27)28/h1-12H,13H2,(H,24,26). The maximum absolute atomic E-state index is 12.4. The lowest BCUT2D eigenvalue weighted by atomic mass is 10.1. The molecule has 2 heterocycles. The molecule has 2 aromatic heterocycles. The summed E-state index contributed by atoms with van der Waals surface area (Å²) in [4.78, 5) is 23.1. The number of para-hydroxylation sites is 1. The molecule has 0 aliphatic rings. The van der Waals surface area contributed by atoms with Crippen LogP contribution in [0, 0.1) is 10.1 Å². The Morgan fingerprint density at radius 1 is 0.933 bits per heavy atom. The van der Waals surface area contributed by atoms with Crippen LogP contribution in [0.15, 0.2) is 86.1 Å². The number of furan rings is 2. The summed E-state index contributed by atoms with van der Waals surface area (Å²) in [5.74, 6) is 1.16. The zero-order valence-corrected chi connectivity index (χ0v) is 17.1. The second kappa shape index (κ2) is 8.38.